The van der Waals surface area contributed by atoms with Crippen molar-refractivity contribution in [2.45, 2.75) is 25.2 Å². The van der Waals surface area contributed by atoms with Gasteiger partial charge < -0.3 is 15.4 Å². The average molecular weight is 288 g/mol. The van der Waals surface area contributed by atoms with Crippen LogP contribution in [0, 0.1) is 0 Å². The minimum atomic E-state index is -4.76. The number of amides is 1. The molecular weight excluding hydrogens is 273 g/mol. The predicted molar refractivity (Wildman–Crippen MR) is 66.5 cm³/mol. The maximum absolute atomic E-state index is 12.1. The molecule has 0 saturated carbocycles. The molecule has 0 radical (unpaired) electrons. The molecule has 110 valence electrons. The van der Waals surface area contributed by atoms with E-state index in [4.69, 9.17) is 0 Å². The van der Waals surface area contributed by atoms with Gasteiger partial charge in [0.25, 0.3) is 5.91 Å². The van der Waals surface area contributed by atoms with E-state index in [0.29, 0.717) is 6.54 Å². The summed E-state index contributed by atoms with van der Waals surface area (Å²) in [6, 6.07) is 5.05. The van der Waals surface area contributed by atoms with Crippen LogP contribution in [0.2, 0.25) is 0 Å². The van der Waals surface area contributed by atoms with E-state index in [0.717, 1.165) is 31.5 Å². The highest BCUT2D eigenvalue weighted by Gasteiger charge is 2.31. The van der Waals surface area contributed by atoms with E-state index in [2.05, 4.69) is 15.4 Å². The molecule has 1 aliphatic rings. The van der Waals surface area contributed by atoms with Gasteiger partial charge in [0.1, 0.15) is 5.75 Å². The highest BCUT2D eigenvalue weighted by Crippen LogP contribution is 2.23. The summed E-state index contributed by atoms with van der Waals surface area (Å²) >= 11 is 0. The highest BCUT2D eigenvalue weighted by atomic mass is 19.4. The summed E-state index contributed by atoms with van der Waals surface area (Å²) < 4.78 is 40.1. The third kappa shape index (κ3) is 4.41. The maximum Gasteiger partial charge on any atom is 0.573 e. The standard InChI is InChI=1S/C13H15F3N2O2/c14-13(15,16)20-11-5-1-3-9(7-11)12(19)18-10-4-2-6-17-8-10/h1,3,5,7,10,17H,2,4,6,8H2,(H,18,19)/t10-/m1/s1. The largest absolute Gasteiger partial charge is 0.573 e. The molecule has 2 rings (SSSR count). The highest BCUT2D eigenvalue weighted by molar-refractivity contribution is 5.94. The van der Waals surface area contributed by atoms with Crippen molar-refractivity contribution in [3.05, 3.63) is 29.8 Å². The number of hydrogen-bond acceptors (Lipinski definition) is 3. The van der Waals surface area contributed by atoms with Crippen LogP contribution < -0.4 is 15.4 Å². The van der Waals surface area contributed by atoms with Crippen molar-refractivity contribution >= 4 is 5.91 Å². The second kappa shape index (κ2) is 6.13. The fraction of sp³-hybridized carbons (Fsp3) is 0.462. The van der Waals surface area contributed by atoms with Gasteiger partial charge in [-0.1, -0.05) is 6.07 Å². The van der Waals surface area contributed by atoms with Crippen LogP contribution in [0.5, 0.6) is 5.75 Å². The predicted octanol–water partition coefficient (Wildman–Crippen LogP) is 2.07. The third-order valence-corrected chi connectivity index (χ3v) is 2.96. The normalized spacial score (nSPS) is 19.4. The molecule has 7 heteroatoms. The summed E-state index contributed by atoms with van der Waals surface area (Å²) in [7, 11) is 0. The topological polar surface area (TPSA) is 50.4 Å². The van der Waals surface area contributed by atoms with Gasteiger partial charge in [0.15, 0.2) is 0 Å². The van der Waals surface area contributed by atoms with Gasteiger partial charge in [0, 0.05) is 18.2 Å². The molecule has 0 bridgehead atoms. The van der Waals surface area contributed by atoms with Crippen molar-refractivity contribution in [1.82, 2.24) is 10.6 Å². The van der Waals surface area contributed by atoms with E-state index >= 15 is 0 Å². The lowest BCUT2D eigenvalue weighted by Gasteiger charge is -2.23. The molecule has 1 atom stereocenters. The lowest BCUT2D eigenvalue weighted by molar-refractivity contribution is -0.274. The van der Waals surface area contributed by atoms with Crippen molar-refractivity contribution < 1.29 is 22.7 Å². The molecule has 0 spiro atoms. The van der Waals surface area contributed by atoms with Crippen LogP contribution in [0.1, 0.15) is 23.2 Å². The van der Waals surface area contributed by atoms with E-state index in [1.54, 1.807) is 0 Å². The Balaban J connectivity index is 2.00. The van der Waals surface area contributed by atoms with Gasteiger partial charge in [0.2, 0.25) is 0 Å². The number of benzene rings is 1. The molecule has 1 saturated heterocycles. The van der Waals surface area contributed by atoms with Crippen LogP contribution in [-0.2, 0) is 0 Å². The zero-order valence-corrected chi connectivity index (χ0v) is 10.7. The number of carbonyl (C=O) groups excluding carboxylic acids is 1. The Hall–Kier alpha value is -1.76. The minimum absolute atomic E-state index is 0.00319. The summed E-state index contributed by atoms with van der Waals surface area (Å²) in [4.78, 5) is 12.0. The summed E-state index contributed by atoms with van der Waals surface area (Å²) in [5.74, 6) is -0.793. The minimum Gasteiger partial charge on any atom is -0.406 e. The quantitative estimate of drug-likeness (QED) is 0.895. The number of hydrogen-bond donors (Lipinski definition) is 2. The molecule has 2 N–H and O–H groups in total. The van der Waals surface area contributed by atoms with Crippen LogP contribution >= 0.6 is 0 Å². The maximum atomic E-state index is 12.1. The monoisotopic (exact) mass is 288 g/mol. The van der Waals surface area contributed by atoms with E-state index in [9.17, 15) is 18.0 Å². The van der Waals surface area contributed by atoms with Gasteiger partial charge in [-0.2, -0.15) is 0 Å². The molecule has 0 aliphatic carbocycles. The van der Waals surface area contributed by atoms with Crippen molar-refractivity contribution in [3.63, 3.8) is 0 Å². The molecule has 1 amide bonds. The second-order valence-corrected chi connectivity index (χ2v) is 4.59. The Labute approximate surface area is 114 Å². The Kier molecular flexibility index (Phi) is 4.49. The fourth-order valence-electron chi connectivity index (χ4n) is 2.08. The number of carbonyl (C=O) groups is 1. The molecule has 1 heterocycles. The first kappa shape index (κ1) is 14.6. The zero-order valence-electron chi connectivity index (χ0n) is 10.7. The molecular formula is C13H15F3N2O2. The Morgan fingerprint density at radius 2 is 2.20 bits per heavy atom. The van der Waals surface area contributed by atoms with Crippen LogP contribution in [0.25, 0.3) is 0 Å². The number of alkyl halides is 3. The molecule has 1 aromatic rings. The number of ether oxygens (including phenoxy) is 1. The number of rotatable bonds is 3. The Morgan fingerprint density at radius 3 is 2.85 bits per heavy atom. The average Bonchev–Trinajstić information content (AvgIpc) is 2.38. The van der Waals surface area contributed by atoms with Gasteiger partial charge in [0.05, 0.1) is 0 Å². The molecule has 4 nitrogen and oxygen atoms in total. The summed E-state index contributed by atoms with van der Waals surface area (Å²) in [5.41, 5.74) is 0.150. The van der Waals surface area contributed by atoms with Crippen molar-refractivity contribution in [2.75, 3.05) is 13.1 Å². The second-order valence-electron chi connectivity index (χ2n) is 4.59. The SMILES string of the molecule is O=C(N[C@@H]1CCCNC1)c1cccc(OC(F)(F)F)c1. The molecule has 1 aliphatic heterocycles. The Morgan fingerprint density at radius 1 is 1.40 bits per heavy atom. The van der Waals surface area contributed by atoms with Crippen molar-refractivity contribution in [1.29, 1.82) is 0 Å². The fourth-order valence-corrected chi connectivity index (χ4v) is 2.08. The van der Waals surface area contributed by atoms with Crippen LogP contribution in [-0.4, -0.2) is 31.4 Å². The first-order valence-corrected chi connectivity index (χ1v) is 6.31. The number of halogens is 3. The van der Waals surface area contributed by atoms with Crippen molar-refractivity contribution in [3.8, 4) is 5.75 Å². The molecule has 20 heavy (non-hydrogen) atoms. The van der Waals surface area contributed by atoms with Gasteiger partial charge in [-0.25, -0.2) is 0 Å². The summed E-state index contributed by atoms with van der Waals surface area (Å²) in [6.07, 6.45) is -2.94. The van der Waals surface area contributed by atoms with Crippen molar-refractivity contribution in [2.24, 2.45) is 0 Å². The van der Waals surface area contributed by atoms with Crippen LogP contribution in [0.3, 0.4) is 0 Å². The first-order valence-electron chi connectivity index (χ1n) is 6.31. The van der Waals surface area contributed by atoms with Crippen LogP contribution in [0.15, 0.2) is 24.3 Å². The lowest BCUT2D eigenvalue weighted by Crippen LogP contribution is -2.45. The molecule has 1 aromatic carbocycles. The molecule has 1 fully saturated rings. The first-order chi connectivity index (χ1) is 9.44. The summed E-state index contributed by atoms with van der Waals surface area (Å²) in [6.45, 7) is 1.59. The number of piperidine rings is 1. The third-order valence-electron chi connectivity index (χ3n) is 2.96. The van der Waals surface area contributed by atoms with E-state index in [1.807, 2.05) is 0 Å². The molecule has 0 aromatic heterocycles. The van der Waals surface area contributed by atoms with E-state index in [-0.39, 0.29) is 11.6 Å². The van der Waals surface area contributed by atoms with E-state index < -0.39 is 18.0 Å². The number of nitrogens with one attached hydrogen (secondary N) is 2. The lowest BCUT2D eigenvalue weighted by atomic mass is 10.1. The smallest absolute Gasteiger partial charge is 0.406 e. The summed E-state index contributed by atoms with van der Waals surface area (Å²) in [5, 5.41) is 5.93. The van der Waals surface area contributed by atoms with Gasteiger partial charge >= 0.3 is 6.36 Å². The van der Waals surface area contributed by atoms with Gasteiger partial charge in [-0.05, 0) is 37.6 Å². The van der Waals surface area contributed by atoms with E-state index in [1.165, 1.54) is 12.1 Å². The van der Waals surface area contributed by atoms with Gasteiger partial charge in [-0.15, -0.1) is 13.2 Å². The van der Waals surface area contributed by atoms with Crippen LogP contribution in [0.4, 0.5) is 13.2 Å². The zero-order chi connectivity index (χ0) is 14.6. The molecule has 0 unspecified atom stereocenters. The van der Waals surface area contributed by atoms with Gasteiger partial charge in [-0.3, -0.25) is 4.79 Å². The Bertz CT molecular complexity index is 471.